The molecule has 3 rings (SSSR count). The summed E-state index contributed by atoms with van der Waals surface area (Å²) in [5.41, 5.74) is -0.404. The van der Waals surface area contributed by atoms with E-state index < -0.39 is 11.9 Å². The SMILES string of the molecule is FC(F)(F)c1ccnc(CC2CC3(CNC3)C2)n1. The molecule has 2 heterocycles. The first-order valence-corrected chi connectivity index (χ1v) is 6.07. The quantitative estimate of drug-likeness (QED) is 0.881. The Labute approximate surface area is 103 Å². The van der Waals surface area contributed by atoms with Crippen LogP contribution in [0.2, 0.25) is 0 Å². The second-order valence-corrected chi connectivity index (χ2v) is 5.44. The number of nitrogens with zero attached hydrogens (tertiary/aromatic N) is 2. The van der Waals surface area contributed by atoms with E-state index in [9.17, 15) is 13.2 Å². The highest BCUT2D eigenvalue weighted by atomic mass is 19.4. The van der Waals surface area contributed by atoms with Crippen molar-refractivity contribution in [3.8, 4) is 0 Å². The highest BCUT2D eigenvalue weighted by Crippen LogP contribution is 2.49. The molecule has 0 atom stereocenters. The number of rotatable bonds is 2. The van der Waals surface area contributed by atoms with E-state index in [1.54, 1.807) is 0 Å². The standard InChI is InChI=1S/C12H14F3N3/c13-12(14,15)9-1-2-17-10(18-9)3-8-4-11(5-8)6-16-7-11/h1-2,8,16H,3-7H2. The largest absolute Gasteiger partial charge is 0.433 e. The lowest BCUT2D eigenvalue weighted by atomic mass is 9.58. The molecule has 18 heavy (non-hydrogen) atoms. The van der Waals surface area contributed by atoms with Crippen molar-refractivity contribution in [1.29, 1.82) is 0 Å². The van der Waals surface area contributed by atoms with E-state index >= 15 is 0 Å². The van der Waals surface area contributed by atoms with E-state index in [0.29, 0.717) is 23.6 Å². The van der Waals surface area contributed by atoms with Crippen LogP contribution in [0.25, 0.3) is 0 Å². The van der Waals surface area contributed by atoms with Gasteiger partial charge in [-0.3, -0.25) is 0 Å². The minimum absolute atomic E-state index is 0.317. The summed E-state index contributed by atoms with van der Waals surface area (Å²) in [5, 5.41) is 3.24. The van der Waals surface area contributed by atoms with E-state index in [1.807, 2.05) is 0 Å². The molecular weight excluding hydrogens is 243 g/mol. The summed E-state index contributed by atoms with van der Waals surface area (Å²) in [6, 6.07) is 0.918. The topological polar surface area (TPSA) is 37.8 Å². The van der Waals surface area contributed by atoms with Gasteiger partial charge in [-0.05, 0) is 30.2 Å². The lowest BCUT2D eigenvalue weighted by Crippen LogP contribution is -2.60. The van der Waals surface area contributed by atoms with Gasteiger partial charge in [0.25, 0.3) is 0 Å². The Kier molecular flexibility index (Phi) is 2.59. The zero-order valence-electron chi connectivity index (χ0n) is 9.80. The van der Waals surface area contributed by atoms with Crippen LogP contribution < -0.4 is 5.32 Å². The van der Waals surface area contributed by atoms with E-state index in [1.165, 1.54) is 6.20 Å². The summed E-state index contributed by atoms with van der Waals surface area (Å²) >= 11 is 0. The molecule has 0 radical (unpaired) electrons. The highest BCUT2D eigenvalue weighted by molar-refractivity contribution is 5.09. The van der Waals surface area contributed by atoms with Crippen molar-refractivity contribution in [2.24, 2.45) is 11.3 Å². The van der Waals surface area contributed by atoms with Crippen molar-refractivity contribution < 1.29 is 13.2 Å². The summed E-state index contributed by atoms with van der Waals surface area (Å²) in [5.74, 6) is 0.757. The van der Waals surface area contributed by atoms with Gasteiger partial charge >= 0.3 is 6.18 Å². The molecule has 1 spiro atoms. The van der Waals surface area contributed by atoms with Gasteiger partial charge in [0.1, 0.15) is 11.5 Å². The van der Waals surface area contributed by atoms with Gasteiger partial charge < -0.3 is 5.32 Å². The Bertz CT molecular complexity index is 446. The first-order chi connectivity index (χ1) is 8.47. The van der Waals surface area contributed by atoms with Crippen molar-refractivity contribution >= 4 is 0 Å². The van der Waals surface area contributed by atoms with E-state index in [0.717, 1.165) is 32.0 Å². The molecule has 1 aromatic rings. The minimum Gasteiger partial charge on any atom is -0.316 e. The molecule has 2 aliphatic rings. The van der Waals surface area contributed by atoms with Gasteiger partial charge in [-0.25, -0.2) is 9.97 Å². The van der Waals surface area contributed by atoms with E-state index in [2.05, 4.69) is 15.3 Å². The monoisotopic (exact) mass is 257 g/mol. The van der Waals surface area contributed by atoms with Crippen molar-refractivity contribution in [3.63, 3.8) is 0 Å². The number of hydrogen-bond donors (Lipinski definition) is 1. The smallest absolute Gasteiger partial charge is 0.316 e. The second-order valence-electron chi connectivity index (χ2n) is 5.44. The van der Waals surface area contributed by atoms with Crippen LogP contribution in [0.4, 0.5) is 13.2 Å². The lowest BCUT2D eigenvalue weighted by molar-refractivity contribution is -0.141. The third-order valence-corrected chi connectivity index (χ3v) is 3.91. The maximum Gasteiger partial charge on any atom is 0.433 e. The molecule has 1 saturated heterocycles. The zero-order chi connectivity index (χ0) is 12.8. The Morgan fingerprint density at radius 3 is 2.61 bits per heavy atom. The molecule has 1 N–H and O–H groups in total. The number of aromatic nitrogens is 2. The number of nitrogens with one attached hydrogen (secondary N) is 1. The molecule has 98 valence electrons. The van der Waals surface area contributed by atoms with Crippen molar-refractivity contribution in [1.82, 2.24) is 15.3 Å². The molecule has 0 amide bonds. The van der Waals surface area contributed by atoms with Gasteiger partial charge in [0.15, 0.2) is 0 Å². The van der Waals surface area contributed by atoms with Crippen LogP contribution >= 0.6 is 0 Å². The molecule has 1 aliphatic heterocycles. The Hall–Kier alpha value is -1.17. The van der Waals surface area contributed by atoms with Crippen molar-refractivity contribution in [2.75, 3.05) is 13.1 Å². The second kappa shape index (κ2) is 3.91. The predicted octanol–water partition coefficient (Wildman–Crippen LogP) is 2.04. The van der Waals surface area contributed by atoms with Crippen LogP contribution in [-0.4, -0.2) is 23.1 Å². The molecule has 0 aromatic carbocycles. The fourth-order valence-corrected chi connectivity index (χ4v) is 2.99. The molecule has 0 unspecified atom stereocenters. The normalized spacial score (nSPS) is 22.6. The van der Waals surface area contributed by atoms with Gasteiger partial charge in [-0.1, -0.05) is 0 Å². The van der Waals surface area contributed by atoms with Crippen molar-refractivity contribution in [2.45, 2.75) is 25.4 Å². The Morgan fingerprint density at radius 1 is 1.33 bits per heavy atom. The van der Waals surface area contributed by atoms with E-state index in [-0.39, 0.29) is 0 Å². The van der Waals surface area contributed by atoms with Gasteiger partial charge in [-0.15, -0.1) is 0 Å². The van der Waals surface area contributed by atoms with Gasteiger partial charge in [0.2, 0.25) is 0 Å². The summed E-state index contributed by atoms with van der Waals surface area (Å²) in [7, 11) is 0. The maximum atomic E-state index is 12.5. The van der Waals surface area contributed by atoms with Crippen molar-refractivity contribution in [3.05, 3.63) is 23.8 Å². The zero-order valence-corrected chi connectivity index (χ0v) is 9.80. The van der Waals surface area contributed by atoms with Crippen LogP contribution in [0, 0.1) is 11.3 Å². The van der Waals surface area contributed by atoms with Crippen LogP contribution in [0.5, 0.6) is 0 Å². The summed E-state index contributed by atoms with van der Waals surface area (Å²) in [4.78, 5) is 7.55. The Balaban J connectivity index is 1.63. The van der Waals surface area contributed by atoms with Crippen LogP contribution in [-0.2, 0) is 12.6 Å². The van der Waals surface area contributed by atoms with Crippen LogP contribution in [0.1, 0.15) is 24.4 Å². The van der Waals surface area contributed by atoms with Crippen LogP contribution in [0.3, 0.4) is 0 Å². The highest BCUT2D eigenvalue weighted by Gasteiger charge is 2.48. The average molecular weight is 257 g/mol. The van der Waals surface area contributed by atoms with Gasteiger partial charge in [0, 0.05) is 25.7 Å². The number of alkyl halides is 3. The molecule has 0 bridgehead atoms. The molecule has 1 aliphatic carbocycles. The fourth-order valence-electron chi connectivity index (χ4n) is 2.99. The first-order valence-electron chi connectivity index (χ1n) is 6.07. The fraction of sp³-hybridized carbons (Fsp3) is 0.667. The van der Waals surface area contributed by atoms with E-state index in [4.69, 9.17) is 0 Å². The predicted molar refractivity (Wildman–Crippen MR) is 58.8 cm³/mol. The first kappa shape index (κ1) is 11.9. The number of hydrogen-bond acceptors (Lipinski definition) is 3. The molecule has 1 aromatic heterocycles. The molecule has 3 nitrogen and oxygen atoms in total. The summed E-state index contributed by atoms with van der Waals surface area (Å²) < 4.78 is 37.5. The minimum atomic E-state index is -4.38. The third-order valence-electron chi connectivity index (χ3n) is 3.91. The summed E-state index contributed by atoms with van der Waals surface area (Å²) in [6.45, 7) is 2.10. The van der Waals surface area contributed by atoms with Crippen LogP contribution in [0.15, 0.2) is 12.3 Å². The lowest BCUT2D eigenvalue weighted by Gasteiger charge is -2.54. The molecule has 1 saturated carbocycles. The average Bonchev–Trinajstić information content (AvgIpc) is 2.19. The molecule has 2 fully saturated rings. The summed E-state index contributed by atoms with van der Waals surface area (Å²) in [6.07, 6.45) is -0.453. The Morgan fingerprint density at radius 2 is 2.06 bits per heavy atom. The van der Waals surface area contributed by atoms with Gasteiger partial charge in [0.05, 0.1) is 0 Å². The van der Waals surface area contributed by atoms with Gasteiger partial charge in [-0.2, -0.15) is 13.2 Å². The third kappa shape index (κ3) is 2.09. The molecular formula is C12H14F3N3. The maximum absolute atomic E-state index is 12.5. The number of halogens is 3. The molecule has 6 heteroatoms.